The second-order valence-electron chi connectivity index (χ2n) is 18.5. The first-order chi connectivity index (χ1) is 29.2. The predicted molar refractivity (Wildman–Crippen MR) is 229 cm³/mol. The first-order valence-electron chi connectivity index (χ1n) is 21.3. The van der Waals surface area contributed by atoms with Gasteiger partial charge >= 0.3 is 0 Å². The fourth-order valence-electron chi connectivity index (χ4n) is 10.6. The third kappa shape index (κ3) is 7.58. The molecular weight excluding hydrogens is 796 g/mol. The van der Waals surface area contributed by atoms with Gasteiger partial charge in [0, 0.05) is 83.8 Å². The van der Waals surface area contributed by atoms with Crippen LogP contribution in [0.15, 0.2) is 65.1 Å². The summed E-state index contributed by atoms with van der Waals surface area (Å²) in [5.41, 5.74) is 2.84. The third-order valence-corrected chi connectivity index (χ3v) is 14.1. The number of nitrogens with zero attached hydrogens (tertiary/aromatic N) is 4. The molecule has 4 aromatic rings. The van der Waals surface area contributed by atoms with Gasteiger partial charge < -0.3 is 29.0 Å². The molecule has 5 aliphatic rings. The van der Waals surface area contributed by atoms with Gasteiger partial charge in [-0.2, -0.15) is 5.26 Å². The van der Waals surface area contributed by atoms with Crippen molar-refractivity contribution >= 4 is 51.9 Å². The molecule has 0 bridgehead atoms. The van der Waals surface area contributed by atoms with Gasteiger partial charge in [0.2, 0.25) is 11.8 Å². The monoisotopic (exact) mass is 846 g/mol. The van der Waals surface area contributed by atoms with Gasteiger partial charge in [-0.15, -0.1) is 0 Å². The van der Waals surface area contributed by atoms with E-state index >= 15 is 0 Å². The number of anilines is 1. The second-order valence-corrected chi connectivity index (χ2v) is 18.9. The summed E-state index contributed by atoms with van der Waals surface area (Å²) in [6.45, 7) is 13.4. The molecule has 1 saturated carbocycles. The average Bonchev–Trinajstić information content (AvgIpc) is 3.75. The largest absolute Gasteiger partial charge is 0.489 e. The molecule has 3 saturated heterocycles. The van der Waals surface area contributed by atoms with Crippen LogP contribution in [-0.2, 0) is 16.1 Å². The molecule has 14 heteroatoms. The van der Waals surface area contributed by atoms with Crippen molar-refractivity contribution in [3.63, 3.8) is 0 Å². The number of rotatable bonds is 11. The van der Waals surface area contributed by atoms with Crippen LogP contribution in [0.25, 0.3) is 11.0 Å². The average molecular weight is 847 g/mol. The molecule has 0 radical (unpaired) electrons. The fraction of sp³-hybridized carbons (Fsp3) is 0.468. The number of imide groups is 1. The summed E-state index contributed by atoms with van der Waals surface area (Å²) in [4.78, 5) is 57.0. The van der Waals surface area contributed by atoms with Crippen LogP contribution >= 0.6 is 11.6 Å². The highest BCUT2D eigenvalue weighted by Gasteiger charge is 2.64. The second kappa shape index (κ2) is 15.7. The Balaban J connectivity index is 0.695. The Bertz CT molecular complexity index is 2430. The summed E-state index contributed by atoms with van der Waals surface area (Å²) in [5.74, 6) is 1.13. The summed E-state index contributed by atoms with van der Waals surface area (Å²) in [6.07, 6.45) is 3.84. The number of fused-ring (bicyclic) bond motifs is 3. The maximum atomic E-state index is 13.4. The number of likely N-dealkylation sites (tertiary alicyclic amines) is 1. The van der Waals surface area contributed by atoms with E-state index in [1.165, 1.54) is 4.90 Å². The van der Waals surface area contributed by atoms with E-state index < -0.39 is 11.9 Å². The summed E-state index contributed by atoms with van der Waals surface area (Å²) in [6, 6.07) is 19.9. The van der Waals surface area contributed by atoms with Crippen molar-refractivity contribution in [1.29, 1.82) is 5.26 Å². The molecule has 4 aliphatic heterocycles. The van der Waals surface area contributed by atoms with Crippen LogP contribution in [0, 0.1) is 28.1 Å². The number of amides is 4. The summed E-state index contributed by atoms with van der Waals surface area (Å²) in [5, 5.41) is 16.1. The zero-order valence-electron chi connectivity index (χ0n) is 35.0. The zero-order valence-corrected chi connectivity index (χ0v) is 35.7. The van der Waals surface area contributed by atoms with E-state index in [1.807, 2.05) is 36.4 Å². The predicted octanol–water partition coefficient (Wildman–Crippen LogP) is 6.70. The highest BCUT2D eigenvalue weighted by Crippen LogP contribution is 2.55. The van der Waals surface area contributed by atoms with Crippen LogP contribution in [-0.4, -0.2) is 90.4 Å². The number of hydrogen-bond acceptors (Lipinski definition) is 10. The van der Waals surface area contributed by atoms with Crippen LogP contribution in [0.2, 0.25) is 5.02 Å². The van der Waals surface area contributed by atoms with Crippen LogP contribution in [0.5, 0.6) is 11.5 Å². The molecular formula is C47H51ClN6O7. The number of furan rings is 1. The van der Waals surface area contributed by atoms with Gasteiger partial charge in [-0.25, -0.2) is 0 Å². The molecule has 1 unspecified atom stereocenters. The molecule has 1 atom stereocenters. The Morgan fingerprint density at radius 1 is 0.951 bits per heavy atom. The topological polar surface area (TPSA) is 157 Å². The van der Waals surface area contributed by atoms with E-state index in [9.17, 15) is 24.4 Å². The number of carbonyl (C=O) groups is 4. The number of halogens is 1. The maximum absolute atomic E-state index is 13.4. The van der Waals surface area contributed by atoms with Crippen molar-refractivity contribution in [2.75, 3.05) is 37.6 Å². The lowest BCUT2D eigenvalue weighted by Gasteiger charge is -2.63. The van der Waals surface area contributed by atoms with Crippen molar-refractivity contribution < 1.29 is 33.1 Å². The molecule has 3 aromatic carbocycles. The molecule has 9 rings (SSSR count). The lowest BCUT2D eigenvalue weighted by atomic mass is 9.49. The Hall–Kier alpha value is -5.58. The Morgan fingerprint density at radius 3 is 2.36 bits per heavy atom. The van der Waals surface area contributed by atoms with Crippen molar-refractivity contribution in [2.24, 2.45) is 16.7 Å². The minimum Gasteiger partial charge on any atom is -0.489 e. The van der Waals surface area contributed by atoms with Gasteiger partial charge in [0.1, 0.15) is 41.4 Å². The molecule has 318 valence electrons. The quantitative estimate of drug-likeness (QED) is 0.156. The Morgan fingerprint density at radius 2 is 1.67 bits per heavy atom. The number of benzene rings is 3. The van der Waals surface area contributed by atoms with Gasteiger partial charge in [-0.3, -0.25) is 29.4 Å². The van der Waals surface area contributed by atoms with Crippen molar-refractivity contribution in [3.05, 3.63) is 88.1 Å². The highest BCUT2D eigenvalue weighted by molar-refractivity contribution is 6.31. The number of ether oxygens (including phenoxy) is 2. The molecule has 13 nitrogen and oxygen atoms in total. The number of piperidine rings is 2. The van der Waals surface area contributed by atoms with Crippen molar-refractivity contribution in [3.8, 4) is 17.6 Å². The van der Waals surface area contributed by atoms with Crippen LogP contribution < -0.4 is 25.0 Å². The lowest BCUT2D eigenvalue weighted by Crippen LogP contribution is -2.74. The summed E-state index contributed by atoms with van der Waals surface area (Å²) < 4.78 is 18.7. The summed E-state index contributed by atoms with van der Waals surface area (Å²) >= 11 is 6.25. The standard InChI is InChI=1S/C47H51ClN6O7/c1-46(2)44(47(3,4)45(46)60-32-11-7-29(23-49)36(48)22-32)51-41(56)28-5-9-31(10-6-28)59-33-24-52(25-33)18-15-27-16-19-53(20-17-27)30-8-12-34-35-26-54(37-13-14-39(55)50-42(37)57)43(58)40(35)61-38(34)21-30/h5-12,21-22,27,33,37,44-45H,13-20,24-26H2,1-4H3,(H,51,56)(H,50,55,57)/t37?,44-,45-. The molecule has 2 N–H and O–H groups in total. The normalized spacial score (nSPS) is 23.8. The van der Waals surface area contributed by atoms with E-state index in [4.69, 9.17) is 25.5 Å². The number of hydrogen-bond donors (Lipinski definition) is 2. The van der Waals surface area contributed by atoms with Gasteiger partial charge in [0.25, 0.3) is 11.8 Å². The molecule has 1 aromatic heterocycles. The summed E-state index contributed by atoms with van der Waals surface area (Å²) in [7, 11) is 0. The number of nitriles is 1. The van der Waals surface area contributed by atoms with E-state index in [1.54, 1.807) is 18.2 Å². The van der Waals surface area contributed by atoms with Crippen LogP contribution in [0.3, 0.4) is 0 Å². The Labute approximate surface area is 360 Å². The van der Waals surface area contributed by atoms with Crippen molar-refractivity contribution in [2.45, 2.75) is 90.6 Å². The molecule has 61 heavy (non-hydrogen) atoms. The smallest absolute Gasteiger partial charge is 0.290 e. The minimum atomic E-state index is -0.660. The first-order valence-corrected chi connectivity index (χ1v) is 21.7. The van der Waals surface area contributed by atoms with E-state index in [0.29, 0.717) is 52.1 Å². The highest BCUT2D eigenvalue weighted by atomic mass is 35.5. The molecule has 4 amide bonds. The lowest BCUT2D eigenvalue weighted by molar-refractivity contribution is -0.164. The SMILES string of the molecule is CC1(C)[C@H](NC(=O)c2ccc(OC3CN(CCC4CCN(c5ccc6c7c(oc6c5)C(=O)N(C5CCC(=O)NC5=O)C7)CC4)C3)cc2)C(C)(C)[C@H]1Oc1ccc(C#N)c(Cl)c1. The van der Waals surface area contributed by atoms with E-state index in [2.05, 4.69) is 60.3 Å². The fourth-order valence-corrected chi connectivity index (χ4v) is 10.8. The zero-order chi connectivity index (χ0) is 42.8. The maximum Gasteiger partial charge on any atom is 0.290 e. The van der Waals surface area contributed by atoms with Crippen LogP contribution in [0.1, 0.15) is 91.8 Å². The van der Waals surface area contributed by atoms with Gasteiger partial charge in [0.05, 0.1) is 17.1 Å². The van der Waals surface area contributed by atoms with Gasteiger partial charge in [-0.1, -0.05) is 39.3 Å². The molecule has 5 heterocycles. The minimum absolute atomic E-state index is 0.120. The van der Waals surface area contributed by atoms with Crippen LogP contribution in [0.4, 0.5) is 5.69 Å². The molecule has 0 spiro atoms. The third-order valence-electron chi connectivity index (χ3n) is 13.8. The molecule has 4 fully saturated rings. The molecule has 1 aliphatic carbocycles. The van der Waals surface area contributed by atoms with E-state index in [-0.39, 0.29) is 53.2 Å². The first kappa shape index (κ1) is 40.8. The number of nitrogens with one attached hydrogen (secondary N) is 2. The van der Waals surface area contributed by atoms with E-state index in [0.717, 1.165) is 74.4 Å². The Kier molecular flexibility index (Phi) is 10.5. The number of carbonyl (C=O) groups excluding carboxylic acids is 4. The van der Waals surface area contributed by atoms with Gasteiger partial charge in [0.15, 0.2) is 5.76 Å². The van der Waals surface area contributed by atoms with Gasteiger partial charge in [-0.05, 0) is 86.7 Å². The van der Waals surface area contributed by atoms with Crippen molar-refractivity contribution in [1.82, 2.24) is 20.4 Å².